The Morgan fingerprint density at radius 1 is 1.29 bits per heavy atom. The molecule has 2 heteroatoms. The fraction of sp³-hybridized carbons (Fsp3) is 1.00. The SMILES string of the molecule is CC[S+](CC)CO. The summed E-state index contributed by atoms with van der Waals surface area (Å²) in [6, 6.07) is 0. The summed E-state index contributed by atoms with van der Waals surface area (Å²) in [7, 11) is 0.310. The van der Waals surface area contributed by atoms with Crippen molar-refractivity contribution in [2.24, 2.45) is 0 Å². The number of hydrogen-bond acceptors (Lipinski definition) is 1. The Balaban J connectivity index is 2.99. The lowest BCUT2D eigenvalue weighted by atomic mass is 11.0. The highest BCUT2D eigenvalue weighted by Crippen LogP contribution is 1.91. The van der Waals surface area contributed by atoms with E-state index in [0.717, 1.165) is 11.5 Å². The first-order chi connectivity index (χ1) is 3.35. The predicted molar refractivity (Wildman–Crippen MR) is 35.5 cm³/mol. The van der Waals surface area contributed by atoms with Crippen LogP contribution < -0.4 is 0 Å². The molecule has 0 aliphatic rings. The molecule has 0 unspecified atom stereocenters. The molecular formula is C5H13OS+. The largest absolute Gasteiger partial charge is 0.352 e. The van der Waals surface area contributed by atoms with E-state index in [1.807, 2.05) is 0 Å². The molecule has 0 aliphatic carbocycles. The third-order valence-electron chi connectivity index (χ3n) is 0.999. The molecule has 0 radical (unpaired) electrons. The Hall–Kier alpha value is 0.310. The maximum absolute atomic E-state index is 8.54. The predicted octanol–water partition coefficient (Wildman–Crippen LogP) is 0.594. The first-order valence-corrected chi connectivity index (χ1v) is 4.33. The fourth-order valence-corrected chi connectivity index (χ4v) is 1.16. The second kappa shape index (κ2) is 4.47. The van der Waals surface area contributed by atoms with Crippen LogP contribution in [-0.4, -0.2) is 22.6 Å². The minimum Gasteiger partial charge on any atom is -0.352 e. The molecule has 0 atom stereocenters. The summed E-state index contributed by atoms with van der Waals surface area (Å²) in [6.45, 7) is 4.23. The molecular weight excluding hydrogens is 108 g/mol. The molecule has 0 fully saturated rings. The van der Waals surface area contributed by atoms with E-state index in [2.05, 4.69) is 13.8 Å². The van der Waals surface area contributed by atoms with Gasteiger partial charge in [-0.1, -0.05) is 0 Å². The quantitative estimate of drug-likeness (QED) is 0.542. The third-order valence-corrected chi connectivity index (χ3v) is 3.00. The summed E-state index contributed by atoms with van der Waals surface area (Å²) in [4.78, 5) is 0. The van der Waals surface area contributed by atoms with Gasteiger partial charge in [-0.15, -0.1) is 0 Å². The van der Waals surface area contributed by atoms with Gasteiger partial charge in [-0.2, -0.15) is 0 Å². The van der Waals surface area contributed by atoms with Crippen LogP contribution in [0, 0.1) is 0 Å². The van der Waals surface area contributed by atoms with E-state index in [1.54, 1.807) is 0 Å². The second-order valence-electron chi connectivity index (χ2n) is 1.32. The Bertz CT molecular complexity index is 29.6. The van der Waals surface area contributed by atoms with Crippen LogP contribution in [0.5, 0.6) is 0 Å². The molecule has 1 nitrogen and oxygen atoms in total. The van der Waals surface area contributed by atoms with Gasteiger partial charge in [-0.3, -0.25) is 0 Å². The van der Waals surface area contributed by atoms with E-state index < -0.39 is 0 Å². The highest BCUT2D eigenvalue weighted by Gasteiger charge is 2.07. The van der Waals surface area contributed by atoms with E-state index in [-0.39, 0.29) is 0 Å². The molecule has 0 aliphatic heterocycles. The average molecular weight is 121 g/mol. The van der Waals surface area contributed by atoms with Crippen molar-refractivity contribution in [3.63, 3.8) is 0 Å². The molecule has 0 spiro atoms. The van der Waals surface area contributed by atoms with Gasteiger partial charge in [0.15, 0.2) is 0 Å². The molecule has 0 bridgehead atoms. The van der Waals surface area contributed by atoms with Crippen molar-refractivity contribution in [3.8, 4) is 0 Å². The van der Waals surface area contributed by atoms with Crippen LogP contribution in [0.1, 0.15) is 13.8 Å². The fourth-order valence-electron chi connectivity index (χ4n) is 0.387. The van der Waals surface area contributed by atoms with Crippen LogP contribution >= 0.6 is 0 Å². The van der Waals surface area contributed by atoms with Crippen molar-refractivity contribution >= 4 is 10.9 Å². The first-order valence-electron chi connectivity index (χ1n) is 2.60. The molecule has 0 aromatic carbocycles. The van der Waals surface area contributed by atoms with Gasteiger partial charge >= 0.3 is 0 Å². The Kier molecular flexibility index (Phi) is 4.67. The van der Waals surface area contributed by atoms with Crippen LogP contribution in [-0.2, 0) is 10.9 Å². The zero-order chi connectivity index (χ0) is 5.70. The van der Waals surface area contributed by atoms with E-state index in [0.29, 0.717) is 16.8 Å². The molecule has 0 saturated heterocycles. The lowest BCUT2D eigenvalue weighted by molar-refractivity contribution is 0.372. The van der Waals surface area contributed by atoms with Crippen molar-refractivity contribution in [1.29, 1.82) is 0 Å². The Labute approximate surface area is 48.1 Å². The van der Waals surface area contributed by atoms with Gasteiger partial charge in [0.1, 0.15) is 11.5 Å². The summed E-state index contributed by atoms with van der Waals surface area (Å²) in [5.41, 5.74) is 0. The molecule has 0 heterocycles. The zero-order valence-corrected chi connectivity index (χ0v) is 5.79. The monoisotopic (exact) mass is 121 g/mol. The third kappa shape index (κ3) is 2.94. The number of aliphatic hydroxyl groups excluding tert-OH is 1. The molecule has 0 rings (SSSR count). The maximum Gasteiger partial charge on any atom is 0.205 e. The molecule has 1 N–H and O–H groups in total. The molecule has 0 saturated carbocycles. The summed E-state index contributed by atoms with van der Waals surface area (Å²) in [5.74, 6) is 2.65. The van der Waals surface area contributed by atoms with Crippen molar-refractivity contribution in [1.82, 2.24) is 0 Å². The molecule has 0 aromatic heterocycles. The highest BCUT2D eigenvalue weighted by molar-refractivity contribution is 7.96. The number of aliphatic hydroxyl groups is 1. The molecule has 44 valence electrons. The van der Waals surface area contributed by atoms with Gasteiger partial charge in [0, 0.05) is 10.9 Å². The summed E-state index contributed by atoms with van der Waals surface area (Å²) >= 11 is 0. The highest BCUT2D eigenvalue weighted by atomic mass is 32.2. The van der Waals surface area contributed by atoms with Crippen LogP contribution in [0.15, 0.2) is 0 Å². The van der Waals surface area contributed by atoms with E-state index >= 15 is 0 Å². The Morgan fingerprint density at radius 2 is 1.71 bits per heavy atom. The van der Waals surface area contributed by atoms with Crippen LogP contribution in [0.2, 0.25) is 0 Å². The smallest absolute Gasteiger partial charge is 0.205 e. The van der Waals surface area contributed by atoms with Crippen LogP contribution in [0.3, 0.4) is 0 Å². The molecule has 0 amide bonds. The van der Waals surface area contributed by atoms with Crippen molar-refractivity contribution < 1.29 is 5.11 Å². The van der Waals surface area contributed by atoms with Crippen molar-refractivity contribution in [3.05, 3.63) is 0 Å². The van der Waals surface area contributed by atoms with E-state index in [1.165, 1.54) is 0 Å². The van der Waals surface area contributed by atoms with Crippen LogP contribution in [0.25, 0.3) is 0 Å². The van der Waals surface area contributed by atoms with Gasteiger partial charge in [0.25, 0.3) is 0 Å². The summed E-state index contributed by atoms with van der Waals surface area (Å²) < 4.78 is 0. The van der Waals surface area contributed by atoms with Gasteiger partial charge in [-0.25, -0.2) is 0 Å². The van der Waals surface area contributed by atoms with Crippen molar-refractivity contribution in [2.45, 2.75) is 13.8 Å². The van der Waals surface area contributed by atoms with E-state index in [9.17, 15) is 0 Å². The normalized spacial score (nSPS) is 10.3. The van der Waals surface area contributed by atoms with Gasteiger partial charge in [0.05, 0.1) is 0 Å². The minimum absolute atomic E-state index is 0.310. The topological polar surface area (TPSA) is 20.2 Å². The standard InChI is InChI=1S/C5H13OS/c1-3-7(4-2)5-6/h6H,3-5H2,1-2H3/q+1. The van der Waals surface area contributed by atoms with Gasteiger partial charge in [-0.05, 0) is 13.8 Å². The van der Waals surface area contributed by atoms with Gasteiger partial charge < -0.3 is 5.11 Å². The second-order valence-corrected chi connectivity index (χ2v) is 3.96. The Morgan fingerprint density at radius 3 is 1.71 bits per heavy atom. The maximum atomic E-state index is 8.54. The summed E-state index contributed by atoms with van der Waals surface area (Å²) in [6.07, 6.45) is 0. The number of rotatable bonds is 3. The minimum atomic E-state index is 0.310. The zero-order valence-electron chi connectivity index (χ0n) is 4.98. The van der Waals surface area contributed by atoms with Gasteiger partial charge in [0.2, 0.25) is 5.94 Å². The molecule has 0 aromatic rings. The number of hydrogen-bond donors (Lipinski definition) is 1. The lowest BCUT2D eigenvalue weighted by Crippen LogP contribution is -2.11. The molecule has 7 heavy (non-hydrogen) atoms. The summed E-state index contributed by atoms with van der Waals surface area (Å²) in [5, 5.41) is 8.54. The first kappa shape index (κ1) is 7.31. The lowest BCUT2D eigenvalue weighted by Gasteiger charge is -1.95. The van der Waals surface area contributed by atoms with E-state index in [4.69, 9.17) is 5.11 Å². The average Bonchev–Trinajstić information content (AvgIpc) is 1.72. The van der Waals surface area contributed by atoms with Crippen molar-refractivity contribution in [2.75, 3.05) is 17.4 Å². The van der Waals surface area contributed by atoms with Crippen LogP contribution in [0.4, 0.5) is 0 Å².